The second-order valence-corrected chi connectivity index (χ2v) is 6.84. The zero-order valence-corrected chi connectivity index (χ0v) is 13.8. The monoisotopic (exact) mass is 323 g/mol. The first-order valence-electron chi connectivity index (χ1n) is 8.47. The number of β-lactam (4-membered cyclic amide) rings is 1. The maximum Gasteiger partial charge on any atom is 0.302 e. The van der Waals surface area contributed by atoms with Crippen molar-refractivity contribution in [3.8, 4) is 0 Å². The van der Waals surface area contributed by atoms with Gasteiger partial charge in [-0.2, -0.15) is 0 Å². The van der Waals surface area contributed by atoms with E-state index in [2.05, 4.69) is 5.32 Å². The number of esters is 1. The van der Waals surface area contributed by atoms with Crippen molar-refractivity contribution in [1.29, 1.82) is 0 Å². The van der Waals surface area contributed by atoms with E-state index in [9.17, 15) is 14.4 Å². The summed E-state index contributed by atoms with van der Waals surface area (Å²) in [4.78, 5) is 40.2. The Morgan fingerprint density at radius 1 is 1.26 bits per heavy atom. The second-order valence-electron chi connectivity index (χ2n) is 6.84. The molecular weight excluding hydrogens is 298 g/mol. The van der Waals surface area contributed by atoms with E-state index in [1.165, 1.54) is 6.92 Å². The molecule has 3 fully saturated rings. The lowest BCUT2D eigenvalue weighted by molar-refractivity contribution is -0.172. The molecule has 3 heterocycles. The highest BCUT2D eigenvalue weighted by atomic mass is 16.5. The quantitative estimate of drug-likeness (QED) is 0.577. The predicted octanol–water partition coefficient (Wildman–Crippen LogP) is -0.107. The third-order valence-corrected chi connectivity index (χ3v) is 5.16. The Bertz CT molecular complexity index is 509. The maximum atomic E-state index is 12.9. The molecule has 3 aliphatic heterocycles. The van der Waals surface area contributed by atoms with Crippen molar-refractivity contribution < 1.29 is 19.1 Å². The largest absolute Gasteiger partial charge is 0.460 e. The molecule has 23 heavy (non-hydrogen) atoms. The van der Waals surface area contributed by atoms with Gasteiger partial charge in [0.2, 0.25) is 11.8 Å². The van der Waals surface area contributed by atoms with Crippen molar-refractivity contribution in [3.05, 3.63) is 0 Å². The number of hydrogen-bond donors (Lipinski definition) is 1. The van der Waals surface area contributed by atoms with E-state index in [0.717, 1.165) is 32.2 Å². The fraction of sp³-hybridized carbons (Fsp3) is 0.812. The molecule has 7 heteroatoms. The Hall–Kier alpha value is -1.63. The van der Waals surface area contributed by atoms with Crippen LogP contribution in [0, 0.1) is 0 Å². The number of likely N-dealkylation sites (tertiary alicyclic amines) is 2. The molecule has 2 unspecified atom stereocenters. The molecule has 3 aliphatic rings. The summed E-state index contributed by atoms with van der Waals surface area (Å²) in [5.74, 6) is -0.567. The van der Waals surface area contributed by atoms with Crippen molar-refractivity contribution in [2.24, 2.45) is 0 Å². The third-order valence-electron chi connectivity index (χ3n) is 5.16. The van der Waals surface area contributed by atoms with Crippen LogP contribution in [0.1, 0.15) is 39.5 Å². The highest BCUT2D eigenvalue weighted by molar-refractivity contribution is 5.98. The molecule has 0 bridgehead atoms. The first-order valence-corrected chi connectivity index (χ1v) is 8.47. The molecule has 2 amide bonds. The minimum absolute atomic E-state index is 0.0356. The summed E-state index contributed by atoms with van der Waals surface area (Å²) in [7, 11) is 0. The van der Waals surface area contributed by atoms with Gasteiger partial charge in [0.15, 0.2) is 0 Å². The van der Waals surface area contributed by atoms with E-state index in [1.807, 2.05) is 0 Å². The standard InChI is InChI=1S/C16H25N3O4/c1-11(23-12(2)20)13(14(21)18-8-3-4-9-18)19-10-16(15(19)22)6-5-7-17-16/h11,13,17H,3-10H2,1-2H3/t11-,13?,16?/m0/s1. The van der Waals surface area contributed by atoms with Crippen LogP contribution in [0.4, 0.5) is 0 Å². The van der Waals surface area contributed by atoms with Gasteiger partial charge in [0.1, 0.15) is 17.7 Å². The van der Waals surface area contributed by atoms with Crippen molar-refractivity contribution in [2.75, 3.05) is 26.2 Å². The van der Waals surface area contributed by atoms with Crippen molar-refractivity contribution in [2.45, 2.75) is 57.2 Å². The highest BCUT2D eigenvalue weighted by Gasteiger charge is 2.58. The van der Waals surface area contributed by atoms with Crippen LogP contribution in [0.15, 0.2) is 0 Å². The van der Waals surface area contributed by atoms with Gasteiger partial charge >= 0.3 is 5.97 Å². The van der Waals surface area contributed by atoms with E-state index in [0.29, 0.717) is 19.6 Å². The zero-order chi connectivity index (χ0) is 16.6. The van der Waals surface area contributed by atoms with Gasteiger partial charge in [-0.1, -0.05) is 0 Å². The Morgan fingerprint density at radius 2 is 1.96 bits per heavy atom. The number of hydrogen-bond acceptors (Lipinski definition) is 5. The summed E-state index contributed by atoms with van der Waals surface area (Å²) in [5, 5.41) is 3.27. The molecular formula is C16H25N3O4. The molecule has 1 N–H and O–H groups in total. The smallest absolute Gasteiger partial charge is 0.302 e. The second kappa shape index (κ2) is 6.11. The van der Waals surface area contributed by atoms with Gasteiger partial charge in [0.25, 0.3) is 0 Å². The fourth-order valence-corrected chi connectivity index (χ4v) is 4.00. The van der Waals surface area contributed by atoms with Gasteiger partial charge in [-0.15, -0.1) is 0 Å². The molecule has 0 aromatic heterocycles. The molecule has 3 rings (SSSR count). The minimum Gasteiger partial charge on any atom is -0.460 e. The van der Waals surface area contributed by atoms with Crippen LogP contribution in [-0.4, -0.2) is 71.4 Å². The number of amides is 2. The number of carbonyl (C=O) groups is 3. The molecule has 0 saturated carbocycles. The summed E-state index contributed by atoms with van der Waals surface area (Å²) in [6.45, 7) is 5.80. The van der Waals surface area contributed by atoms with Crippen LogP contribution >= 0.6 is 0 Å². The van der Waals surface area contributed by atoms with Crippen LogP contribution < -0.4 is 5.32 Å². The van der Waals surface area contributed by atoms with Crippen LogP contribution in [-0.2, 0) is 19.1 Å². The van der Waals surface area contributed by atoms with Crippen LogP contribution in [0.25, 0.3) is 0 Å². The van der Waals surface area contributed by atoms with Crippen LogP contribution in [0.2, 0.25) is 0 Å². The van der Waals surface area contributed by atoms with Gasteiger partial charge in [0.05, 0.1) is 0 Å². The summed E-state index contributed by atoms with van der Waals surface area (Å²) in [6.07, 6.45) is 3.13. The van der Waals surface area contributed by atoms with Crippen LogP contribution in [0.5, 0.6) is 0 Å². The SMILES string of the molecule is CC(=O)O[C@@H](C)C(C(=O)N1CCCC1)N1CC2(CCCN2)C1=O. The normalized spacial score (nSPS) is 29.6. The van der Waals surface area contributed by atoms with Gasteiger partial charge in [-0.3, -0.25) is 14.4 Å². The average molecular weight is 323 g/mol. The highest BCUT2D eigenvalue weighted by Crippen LogP contribution is 2.34. The lowest BCUT2D eigenvalue weighted by Gasteiger charge is -2.51. The molecule has 0 aromatic rings. The van der Waals surface area contributed by atoms with Crippen LogP contribution in [0.3, 0.4) is 0 Å². The Kier molecular flexibility index (Phi) is 4.31. The Morgan fingerprint density at radius 3 is 2.48 bits per heavy atom. The summed E-state index contributed by atoms with van der Waals surface area (Å²) < 4.78 is 5.25. The van der Waals surface area contributed by atoms with Crippen molar-refractivity contribution in [3.63, 3.8) is 0 Å². The number of rotatable bonds is 4. The number of nitrogens with one attached hydrogen (secondary N) is 1. The number of carbonyl (C=O) groups excluding carboxylic acids is 3. The van der Waals surface area contributed by atoms with E-state index < -0.39 is 23.7 Å². The van der Waals surface area contributed by atoms with Crippen molar-refractivity contribution in [1.82, 2.24) is 15.1 Å². The minimum atomic E-state index is -0.711. The molecule has 0 aromatic carbocycles. The van der Waals surface area contributed by atoms with Gasteiger partial charge < -0.3 is 19.9 Å². The van der Waals surface area contributed by atoms with Gasteiger partial charge in [0, 0.05) is 26.6 Å². The third kappa shape index (κ3) is 2.82. The first-order chi connectivity index (χ1) is 10.9. The Balaban J connectivity index is 1.76. The first kappa shape index (κ1) is 16.2. The number of ether oxygens (including phenoxy) is 1. The molecule has 0 aliphatic carbocycles. The molecule has 0 radical (unpaired) electrons. The van der Waals surface area contributed by atoms with E-state index in [4.69, 9.17) is 4.74 Å². The molecule has 1 spiro atoms. The summed E-state index contributed by atoms with van der Waals surface area (Å²) in [5.41, 5.74) is -0.487. The molecule has 128 valence electrons. The number of nitrogens with zero attached hydrogens (tertiary/aromatic N) is 2. The lowest BCUT2D eigenvalue weighted by Crippen LogP contribution is -2.76. The van der Waals surface area contributed by atoms with Crippen molar-refractivity contribution >= 4 is 17.8 Å². The summed E-state index contributed by atoms with van der Waals surface area (Å²) in [6, 6.07) is -0.711. The average Bonchev–Trinajstić information content (AvgIpc) is 3.18. The Labute approximate surface area is 136 Å². The molecule has 7 nitrogen and oxygen atoms in total. The molecule has 3 saturated heterocycles. The maximum absolute atomic E-state index is 12.9. The van der Waals surface area contributed by atoms with E-state index in [-0.39, 0.29) is 11.8 Å². The van der Waals surface area contributed by atoms with Gasteiger partial charge in [-0.25, -0.2) is 0 Å². The fourth-order valence-electron chi connectivity index (χ4n) is 4.00. The van der Waals surface area contributed by atoms with E-state index in [1.54, 1.807) is 16.7 Å². The van der Waals surface area contributed by atoms with E-state index >= 15 is 0 Å². The predicted molar refractivity (Wildman–Crippen MR) is 82.5 cm³/mol. The molecule has 3 atom stereocenters. The van der Waals surface area contributed by atoms with Gasteiger partial charge in [-0.05, 0) is 39.2 Å². The zero-order valence-electron chi connectivity index (χ0n) is 13.8. The lowest BCUT2D eigenvalue weighted by atomic mass is 9.84. The summed E-state index contributed by atoms with van der Waals surface area (Å²) >= 11 is 0. The topological polar surface area (TPSA) is 79.0 Å².